The van der Waals surface area contributed by atoms with E-state index in [1.807, 2.05) is 24.3 Å². The van der Waals surface area contributed by atoms with Gasteiger partial charge < -0.3 is 10.6 Å². The zero-order chi connectivity index (χ0) is 12.1. The number of rotatable bonds is 1. The van der Waals surface area contributed by atoms with Crippen LogP contribution in [-0.4, -0.2) is 12.1 Å². The zero-order valence-electron chi connectivity index (χ0n) is 10.1. The van der Waals surface area contributed by atoms with Gasteiger partial charge in [-0.1, -0.05) is 24.3 Å². The lowest BCUT2D eigenvalue weighted by molar-refractivity contribution is 0.0917. The van der Waals surface area contributed by atoms with Gasteiger partial charge in [0.2, 0.25) is 0 Å². The average Bonchev–Trinajstić information content (AvgIpc) is 3.01. The third-order valence-corrected chi connectivity index (χ3v) is 4.53. The molecule has 18 heavy (non-hydrogen) atoms. The maximum atomic E-state index is 12.1. The van der Waals surface area contributed by atoms with Gasteiger partial charge in [-0.2, -0.15) is 0 Å². The molecule has 0 radical (unpaired) electrons. The van der Waals surface area contributed by atoms with Crippen LogP contribution < -0.4 is 10.6 Å². The molecule has 1 amide bonds. The highest BCUT2D eigenvalue weighted by molar-refractivity contribution is 6.01. The smallest absolute Gasteiger partial charge is 0.254 e. The molecule has 2 aliphatic carbocycles. The van der Waals surface area contributed by atoms with Gasteiger partial charge in [-0.05, 0) is 36.8 Å². The Morgan fingerprint density at radius 2 is 1.94 bits per heavy atom. The number of nitrogens with one attached hydrogen (secondary N) is 2. The van der Waals surface area contributed by atoms with E-state index in [0.717, 1.165) is 17.2 Å². The summed E-state index contributed by atoms with van der Waals surface area (Å²) >= 11 is 0. The normalized spacial score (nSPS) is 36.1. The van der Waals surface area contributed by atoms with Gasteiger partial charge in [0, 0.05) is 11.6 Å². The Morgan fingerprint density at radius 1 is 1.06 bits per heavy atom. The Kier molecular flexibility index (Phi) is 2.04. The number of amides is 1. The number of allylic oxidation sites excluding steroid dienone is 2. The van der Waals surface area contributed by atoms with Crippen LogP contribution in [0.15, 0.2) is 36.4 Å². The van der Waals surface area contributed by atoms with Gasteiger partial charge in [0.25, 0.3) is 5.91 Å². The summed E-state index contributed by atoms with van der Waals surface area (Å²) in [5.74, 6) is 1.97. The largest absolute Gasteiger partial charge is 0.364 e. The van der Waals surface area contributed by atoms with Gasteiger partial charge in [-0.25, -0.2) is 0 Å². The van der Waals surface area contributed by atoms with E-state index in [1.54, 1.807) is 0 Å². The number of carbonyl (C=O) groups is 1. The molecule has 0 saturated heterocycles. The molecule has 1 aliphatic heterocycles. The van der Waals surface area contributed by atoms with Gasteiger partial charge in [-0.3, -0.25) is 4.79 Å². The fourth-order valence-corrected chi connectivity index (χ4v) is 3.65. The van der Waals surface area contributed by atoms with Crippen LogP contribution in [0.5, 0.6) is 0 Å². The third kappa shape index (κ3) is 1.40. The molecule has 1 heterocycles. The molecule has 1 fully saturated rings. The van der Waals surface area contributed by atoms with Gasteiger partial charge >= 0.3 is 0 Å². The molecule has 2 bridgehead atoms. The molecule has 0 unspecified atom stereocenters. The summed E-state index contributed by atoms with van der Waals surface area (Å²) in [5.41, 5.74) is 1.73. The molecule has 1 saturated carbocycles. The first-order valence-electron chi connectivity index (χ1n) is 6.66. The number of para-hydroxylation sites is 1. The van der Waals surface area contributed by atoms with Crippen molar-refractivity contribution in [1.82, 2.24) is 5.32 Å². The van der Waals surface area contributed by atoms with Gasteiger partial charge in [-0.15, -0.1) is 0 Å². The van der Waals surface area contributed by atoms with E-state index in [-0.39, 0.29) is 12.1 Å². The fraction of sp³-hybridized carbons (Fsp3) is 0.400. The maximum absolute atomic E-state index is 12.1. The average molecular weight is 240 g/mol. The second kappa shape index (κ2) is 3.61. The number of benzene rings is 1. The van der Waals surface area contributed by atoms with Crippen LogP contribution in [0, 0.1) is 17.8 Å². The van der Waals surface area contributed by atoms with E-state index in [2.05, 4.69) is 22.8 Å². The molecule has 0 spiro atoms. The predicted molar refractivity (Wildman–Crippen MR) is 70.2 cm³/mol. The van der Waals surface area contributed by atoms with Crippen LogP contribution in [-0.2, 0) is 0 Å². The SMILES string of the molecule is O=C1N[C@@H]([C@H]2C[C@H]3C=C[C@H]2C3)Nc2ccccc21. The molecule has 3 aliphatic rings. The first-order chi connectivity index (χ1) is 8.81. The summed E-state index contributed by atoms with van der Waals surface area (Å²) in [6.07, 6.45) is 7.21. The highest BCUT2D eigenvalue weighted by atomic mass is 16.2. The van der Waals surface area contributed by atoms with Crippen molar-refractivity contribution in [3.8, 4) is 0 Å². The van der Waals surface area contributed by atoms with Crippen LogP contribution in [0.1, 0.15) is 23.2 Å². The number of anilines is 1. The Hall–Kier alpha value is -1.77. The first kappa shape index (κ1) is 10.2. The van der Waals surface area contributed by atoms with Crippen molar-refractivity contribution in [2.24, 2.45) is 17.8 Å². The molecule has 3 heteroatoms. The van der Waals surface area contributed by atoms with E-state index in [1.165, 1.54) is 12.8 Å². The molecule has 4 atom stereocenters. The van der Waals surface area contributed by atoms with E-state index in [4.69, 9.17) is 0 Å². The lowest BCUT2D eigenvalue weighted by atomic mass is 9.89. The van der Waals surface area contributed by atoms with Crippen molar-refractivity contribution in [3.63, 3.8) is 0 Å². The fourth-order valence-electron chi connectivity index (χ4n) is 3.65. The summed E-state index contributed by atoms with van der Waals surface area (Å²) in [6.45, 7) is 0. The minimum absolute atomic E-state index is 0.0566. The Morgan fingerprint density at radius 3 is 2.72 bits per heavy atom. The summed E-state index contributed by atoms with van der Waals surface area (Å²) in [4.78, 5) is 12.1. The van der Waals surface area contributed by atoms with Crippen LogP contribution in [0.2, 0.25) is 0 Å². The summed E-state index contributed by atoms with van der Waals surface area (Å²) in [7, 11) is 0. The molecule has 1 aromatic carbocycles. The van der Waals surface area contributed by atoms with Crippen molar-refractivity contribution >= 4 is 11.6 Å². The second-order valence-corrected chi connectivity index (χ2v) is 5.59. The molecule has 3 nitrogen and oxygen atoms in total. The Bertz CT molecular complexity index is 537. The highest BCUT2D eigenvalue weighted by Crippen LogP contribution is 2.45. The first-order valence-corrected chi connectivity index (χ1v) is 6.66. The molecule has 0 aromatic heterocycles. The van der Waals surface area contributed by atoms with E-state index in [0.29, 0.717) is 11.8 Å². The molecule has 1 aromatic rings. The molecular formula is C15H16N2O. The second-order valence-electron chi connectivity index (χ2n) is 5.59. The van der Waals surface area contributed by atoms with Crippen LogP contribution in [0.25, 0.3) is 0 Å². The summed E-state index contributed by atoms with van der Waals surface area (Å²) < 4.78 is 0. The highest BCUT2D eigenvalue weighted by Gasteiger charge is 2.42. The number of hydrogen-bond donors (Lipinski definition) is 2. The van der Waals surface area contributed by atoms with E-state index >= 15 is 0 Å². The number of fused-ring (bicyclic) bond motifs is 3. The lowest BCUT2D eigenvalue weighted by Gasteiger charge is -2.34. The van der Waals surface area contributed by atoms with E-state index < -0.39 is 0 Å². The van der Waals surface area contributed by atoms with E-state index in [9.17, 15) is 4.79 Å². The van der Waals surface area contributed by atoms with Crippen LogP contribution in [0.3, 0.4) is 0 Å². The van der Waals surface area contributed by atoms with Crippen molar-refractivity contribution in [2.75, 3.05) is 5.32 Å². The van der Waals surface area contributed by atoms with Crippen molar-refractivity contribution < 1.29 is 4.79 Å². The summed E-state index contributed by atoms with van der Waals surface area (Å²) in [5, 5.41) is 6.60. The summed E-state index contributed by atoms with van der Waals surface area (Å²) in [6, 6.07) is 7.74. The topological polar surface area (TPSA) is 41.1 Å². The molecule has 4 rings (SSSR count). The minimum atomic E-state index is 0.0566. The molecule has 92 valence electrons. The number of carbonyl (C=O) groups excluding carboxylic acids is 1. The Balaban J connectivity index is 1.63. The molecule has 2 N–H and O–H groups in total. The van der Waals surface area contributed by atoms with Crippen molar-refractivity contribution in [2.45, 2.75) is 19.0 Å². The van der Waals surface area contributed by atoms with Crippen LogP contribution in [0.4, 0.5) is 5.69 Å². The Labute approximate surface area is 106 Å². The van der Waals surface area contributed by atoms with Gasteiger partial charge in [0.05, 0.1) is 5.56 Å². The quantitative estimate of drug-likeness (QED) is 0.740. The standard InChI is InChI=1S/C15H16N2O/c18-15-11-3-1-2-4-13(11)16-14(17-15)12-8-9-5-6-10(12)7-9/h1-6,9-10,12,14,16H,7-8H2,(H,17,18)/t9-,10-,12-,14-/m0/s1. The third-order valence-electron chi connectivity index (χ3n) is 4.53. The zero-order valence-corrected chi connectivity index (χ0v) is 10.1. The van der Waals surface area contributed by atoms with Crippen molar-refractivity contribution in [1.29, 1.82) is 0 Å². The maximum Gasteiger partial charge on any atom is 0.254 e. The van der Waals surface area contributed by atoms with Gasteiger partial charge in [0.1, 0.15) is 6.17 Å². The lowest BCUT2D eigenvalue weighted by Crippen LogP contribution is -2.50. The predicted octanol–water partition coefficient (Wildman–Crippen LogP) is 2.38. The number of hydrogen-bond acceptors (Lipinski definition) is 2. The monoisotopic (exact) mass is 240 g/mol. The van der Waals surface area contributed by atoms with Crippen LogP contribution >= 0.6 is 0 Å². The van der Waals surface area contributed by atoms with Crippen molar-refractivity contribution in [3.05, 3.63) is 42.0 Å². The van der Waals surface area contributed by atoms with Gasteiger partial charge in [0.15, 0.2) is 0 Å². The minimum Gasteiger partial charge on any atom is -0.364 e. The molecular weight excluding hydrogens is 224 g/mol.